The number of carboxylic acid groups (broad SMARTS) is 1. The second-order valence-electron chi connectivity index (χ2n) is 16.9. The molecule has 308 valence electrons. The van der Waals surface area contributed by atoms with Crippen molar-refractivity contribution in [2.45, 2.75) is 101 Å². The summed E-state index contributed by atoms with van der Waals surface area (Å²) in [4.78, 5) is 75.9. The molecular weight excluding hydrogens is 743 g/mol. The van der Waals surface area contributed by atoms with Crippen molar-refractivity contribution >= 4 is 40.9 Å². The maximum Gasteiger partial charge on any atom is 0.410 e. The zero-order valence-corrected chi connectivity index (χ0v) is 33.4. The van der Waals surface area contributed by atoms with Gasteiger partial charge in [-0.25, -0.2) is 19.4 Å². The Kier molecular flexibility index (Phi) is 11.7. The van der Waals surface area contributed by atoms with Crippen molar-refractivity contribution < 1.29 is 43.3 Å². The number of pyridine rings is 1. The summed E-state index contributed by atoms with van der Waals surface area (Å²) in [5, 5.41) is 16.5. The quantitative estimate of drug-likeness (QED) is 0.256. The Morgan fingerprint density at radius 3 is 2.50 bits per heavy atom. The number of rotatable bonds is 6. The molecule has 14 nitrogen and oxygen atoms in total. The van der Waals surface area contributed by atoms with E-state index < -0.39 is 71.1 Å². The zero-order chi connectivity index (χ0) is 41.2. The highest BCUT2D eigenvalue weighted by Crippen LogP contribution is 2.45. The number of alkyl carbamates (subject to hydrolysis) is 1. The second-order valence-corrected chi connectivity index (χ2v) is 16.9. The first kappa shape index (κ1) is 40.5. The van der Waals surface area contributed by atoms with Gasteiger partial charge in [0, 0.05) is 42.4 Å². The predicted molar refractivity (Wildman–Crippen MR) is 215 cm³/mol. The lowest BCUT2D eigenvalue weighted by Gasteiger charge is -2.38. The van der Waals surface area contributed by atoms with Crippen LogP contribution in [0.4, 0.5) is 9.59 Å². The van der Waals surface area contributed by atoms with Gasteiger partial charge in [0.05, 0.1) is 24.4 Å². The molecule has 5 atom stereocenters. The smallest absolute Gasteiger partial charge is 0.410 e. The third-order valence-corrected chi connectivity index (χ3v) is 11.6. The number of fused-ring (bicyclic) bond motifs is 3. The maximum atomic E-state index is 14.9. The lowest BCUT2D eigenvalue weighted by atomic mass is 9.88. The largest absolute Gasteiger partial charge is 0.488 e. The van der Waals surface area contributed by atoms with E-state index in [4.69, 9.17) is 19.2 Å². The molecule has 4 bridgehead atoms. The Balaban J connectivity index is 1.23. The Morgan fingerprint density at radius 2 is 1.81 bits per heavy atom. The molecule has 1 aliphatic carbocycles. The number of carbonyl (C=O) groups excluding carboxylic acids is 4. The predicted octanol–water partition coefficient (Wildman–Crippen LogP) is 5.86. The molecule has 4 amide bonds. The summed E-state index contributed by atoms with van der Waals surface area (Å²) < 4.78 is 18.0. The Bertz CT molecular complexity index is 2060. The van der Waals surface area contributed by atoms with Gasteiger partial charge in [0.1, 0.15) is 35.1 Å². The number of aryl methyl sites for hydroxylation is 1. The number of amides is 4. The number of nitrogens with zero attached hydrogens (tertiary/aromatic N) is 3. The van der Waals surface area contributed by atoms with Gasteiger partial charge in [0.15, 0.2) is 0 Å². The topological polar surface area (TPSA) is 177 Å². The maximum absolute atomic E-state index is 14.9. The van der Waals surface area contributed by atoms with Crippen LogP contribution in [-0.4, -0.2) is 105 Å². The van der Waals surface area contributed by atoms with E-state index in [1.54, 1.807) is 25.7 Å². The first-order valence-electron chi connectivity index (χ1n) is 20.3. The first-order valence-corrected chi connectivity index (χ1v) is 20.3. The van der Waals surface area contributed by atoms with E-state index >= 15 is 0 Å². The normalized spacial score (nSPS) is 25.8. The SMILES string of the molecule is C=C[C@@H]1C[C@]1(NC(=O)[C@@H]1C[C@@H]2CN1C(=O)C(C1CCN(C(=O)OC(C)(C)C)CC1)NC(=O)OCCCCCc1ccc3nc(-c4ccccc4)cc(c3c1)O2)C(=O)O. The number of carbonyl (C=O) groups is 5. The fourth-order valence-corrected chi connectivity index (χ4v) is 8.37. The highest BCUT2D eigenvalue weighted by Gasteiger charge is 2.61. The number of aliphatic carboxylic acids is 1. The number of piperidine rings is 1. The minimum absolute atomic E-state index is 0.0178. The molecule has 3 aliphatic heterocycles. The summed E-state index contributed by atoms with van der Waals surface area (Å²) in [5.41, 5.74) is 1.21. The summed E-state index contributed by atoms with van der Waals surface area (Å²) in [7, 11) is 0. The molecule has 0 radical (unpaired) electrons. The molecule has 2 aromatic carbocycles. The monoisotopic (exact) mass is 795 g/mol. The van der Waals surface area contributed by atoms with Gasteiger partial charge in [-0.3, -0.25) is 9.59 Å². The van der Waals surface area contributed by atoms with Crippen LogP contribution in [0.1, 0.15) is 71.3 Å². The van der Waals surface area contributed by atoms with Crippen LogP contribution in [-0.2, 0) is 30.3 Å². The van der Waals surface area contributed by atoms with Crippen molar-refractivity contribution in [1.29, 1.82) is 0 Å². The average Bonchev–Trinajstić information content (AvgIpc) is 3.76. The number of hydrogen-bond donors (Lipinski definition) is 3. The summed E-state index contributed by atoms with van der Waals surface area (Å²) in [6, 6.07) is 15.5. The standard InChI is InChI=1S/C44H53N5O9/c1-5-30-25-44(30,40(52)53)47-38(50)35-23-31-26-49(35)39(51)37(29-17-19-48(20-18-29)42(55)58-43(2,3)4)46-41(54)56-21-11-7-8-12-27-15-16-33-32(22-27)36(57-31)24-34(45-33)28-13-9-6-10-14-28/h5-6,9-10,13-16,22,24,29-31,35,37H,1,7-8,11-12,17-21,23,25-26H2,2-4H3,(H,46,54)(H,47,50)(H,52,53)/t30-,31-,35+,37?,44-/m1/s1. The molecular formula is C44H53N5O9. The molecule has 14 heteroatoms. The number of hydrogen-bond acceptors (Lipinski definition) is 9. The van der Waals surface area contributed by atoms with E-state index in [0.29, 0.717) is 43.8 Å². The molecule has 58 heavy (non-hydrogen) atoms. The molecule has 3 aromatic rings. The number of nitrogens with one attached hydrogen (secondary N) is 2. The number of benzene rings is 2. The van der Waals surface area contributed by atoms with Gasteiger partial charge < -0.3 is 39.8 Å². The highest BCUT2D eigenvalue weighted by atomic mass is 16.6. The minimum atomic E-state index is -1.53. The molecule has 0 spiro atoms. The zero-order valence-electron chi connectivity index (χ0n) is 33.4. The minimum Gasteiger partial charge on any atom is -0.488 e. The molecule has 3 N–H and O–H groups in total. The van der Waals surface area contributed by atoms with Gasteiger partial charge in [0.25, 0.3) is 0 Å². The van der Waals surface area contributed by atoms with Gasteiger partial charge in [-0.2, -0.15) is 0 Å². The number of carboxylic acids is 1. The van der Waals surface area contributed by atoms with Crippen molar-refractivity contribution in [3.8, 4) is 17.0 Å². The molecule has 1 aromatic heterocycles. The van der Waals surface area contributed by atoms with Crippen LogP contribution in [0.5, 0.6) is 5.75 Å². The molecule has 7 rings (SSSR count). The number of likely N-dealkylation sites (tertiary alicyclic amines) is 1. The lowest BCUT2D eigenvalue weighted by Crippen LogP contribution is -2.59. The molecule has 4 heterocycles. The molecule has 3 fully saturated rings. The summed E-state index contributed by atoms with van der Waals surface area (Å²) in [5.74, 6) is -2.67. The van der Waals surface area contributed by atoms with Crippen LogP contribution >= 0.6 is 0 Å². The van der Waals surface area contributed by atoms with Crippen molar-refractivity contribution in [1.82, 2.24) is 25.4 Å². The summed E-state index contributed by atoms with van der Waals surface area (Å²) >= 11 is 0. The second kappa shape index (κ2) is 16.7. The van der Waals surface area contributed by atoms with Gasteiger partial charge in [-0.15, -0.1) is 6.58 Å². The van der Waals surface area contributed by atoms with E-state index in [0.717, 1.165) is 41.3 Å². The van der Waals surface area contributed by atoms with E-state index in [1.807, 2.05) is 42.5 Å². The highest BCUT2D eigenvalue weighted by molar-refractivity contribution is 5.96. The Labute approximate surface area is 338 Å². The molecule has 2 saturated heterocycles. The van der Waals surface area contributed by atoms with Crippen LogP contribution < -0.4 is 15.4 Å². The van der Waals surface area contributed by atoms with E-state index in [2.05, 4.69) is 29.3 Å². The molecule has 1 unspecified atom stereocenters. The Hall–Kier alpha value is -5.66. The van der Waals surface area contributed by atoms with E-state index in [9.17, 15) is 29.1 Å². The van der Waals surface area contributed by atoms with Crippen LogP contribution in [0.3, 0.4) is 0 Å². The number of cyclic esters (lactones) is 1. The summed E-state index contributed by atoms with van der Waals surface area (Å²) in [6.07, 6.45) is 3.68. The van der Waals surface area contributed by atoms with Crippen molar-refractivity contribution in [2.75, 3.05) is 26.2 Å². The van der Waals surface area contributed by atoms with Crippen LogP contribution in [0.2, 0.25) is 0 Å². The third-order valence-electron chi connectivity index (χ3n) is 11.6. The van der Waals surface area contributed by atoms with E-state index in [1.165, 1.54) is 11.0 Å². The fraction of sp³-hybridized carbons (Fsp3) is 0.500. The van der Waals surface area contributed by atoms with Crippen molar-refractivity contribution in [3.05, 3.63) is 72.8 Å². The van der Waals surface area contributed by atoms with Gasteiger partial charge in [-0.1, -0.05) is 42.5 Å². The fourth-order valence-electron chi connectivity index (χ4n) is 8.37. The van der Waals surface area contributed by atoms with Crippen LogP contribution in [0.25, 0.3) is 22.2 Å². The van der Waals surface area contributed by atoms with Crippen molar-refractivity contribution in [2.24, 2.45) is 11.8 Å². The average molecular weight is 796 g/mol. The Morgan fingerprint density at radius 1 is 1.05 bits per heavy atom. The van der Waals surface area contributed by atoms with Gasteiger partial charge in [-0.05, 0) is 89.3 Å². The molecule has 1 saturated carbocycles. The van der Waals surface area contributed by atoms with Crippen LogP contribution in [0, 0.1) is 11.8 Å². The van der Waals surface area contributed by atoms with Crippen molar-refractivity contribution in [3.63, 3.8) is 0 Å². The van der Waals surface area contributed by atoms with Crippen LogP contribution in [0.15, 0.2) is 67.3 Å². The van der Waals surface area contributed by atoms with E-state index in [-0.39, 0.29) is 26.0 Å². The molecule has 4 aliphatic rings. The first-order chi connectivity index (χ1) is 27.7. The number of ether oxygens (including phenoxy) is 3. The third kappa shape index (κ3) is 8.90. The van der Waals surface area contributed by atoms with Gasteiger partial charge >= 0.3 is 18.2 Å². The lowest BCUT2D eigenvalue weighted by molar-refractivity contribution is -0.146. The summed E-state index contributed by atoms with van der Waals surface area (Å²) in [6.45, 7) is 9.85. The van der Waals surface area contributed by atoms with Gasteiger partial charge in [0.2, 0.25) is 11.8 Å². The number of aromatic nitrogens is 1.